The maximum absolute atomic E-state index is 14.1. The Bertz CT molecular complexity index is 1220. The molecule has 8 heteroatoms. The molecule has 0 saturated carbocycles. The lowest BCUT2D eigenvalue weighted by molar-refractivity contribution is -0.152. The van der Waals surface area contributed by atoms with E-state index >= 15 is 0 Å². The van der Waals surface area contributed by atoms with Gasteiger partial charge >= 0.3 is 5.97 Å². The van der Waals surface area contributed by atoms with Crippen LogP contribution in [0.2, 0.25) is 5.02 Å². The number of carbonyl (C=O) groups is 2. The van der Waals surface area contributed by atoms with Crippen molar-refractivity contribution in [2.75, 3.05) is 31.6 Å². The van der Waals surface area contributed by atoms with Crippen molar-refractivity contribution in [3.8, 4) is 5.75 Å². The molecule has 1 amide bonds. The smallest absolute Gasteiger partial charge is 0.303 e. The molecule has 0 fully saturated rings. The zero-order chi connectivity index (χ0) is 26.4. The summed E-state index contributed by atoms with van der Waals surface area (Å²) in [5.74, 6) is -0.0399. The second kappa shape index (κ2) is 12.5. The van der Waals surface area contributed by atoms with Crippen LogP contribution in [0.3, 0.4) is 0 Å². The van der Waals surface area contributed by atoms with E-state index in [2.05, 4.69) is 24.0 Å². The van der Waals surface area contributed by atoms with Crippen molar-refractivity contribution >= 4 is 40.9 Å². The fraction of sp³-hybridized carbons (Fsp3) is 0.310. The van der Waals surface area contributed by atoms with Gasteiger partial charge in [-0.05, 0) is 48.0 Å². The summed E-state index contributed by atoms with van der Waals surface area (Å²) in [5, 5.41) is 0.133. The molecular weight excluding hydrogens is 508 g/mol. The molecule has 0 N–H and O–H groups in total. The summed E-state index contributed by atoms with van der Waals surface area (Å²) in [4.78, 5) is 31.1. The predicted octanol–water partition coefficient (Wildman–Crippen LogP) is 5.98. The van der Waals surface area contributed by atoms with Crippen LogP contribution in [0.1, 0.15) is 30.2 Å². The molecule has 0 radical (unpaired) electrons. The minimum Gasteiger partial charge on any atom is -0.497 e. The van der Waals surface area contributed by atoms with E-state index in [9.17, 15) is 9.59 Å². The first kappa shape index (κ1) is 27.0. The van der Waals surface area contributed by atoms with Crippen LogP contribution in [0.5, 0.6) is 5.75 Å². The van der Waals surface area contributed by atoms with Crippen LogP contribution in [0.15, 0.2) is 77.7 Å². The van der Waals surface area contributed by atoms with Gasteiger partial charge in [0.05, 0.1) is 18.0 Å². The Kier molecular flexibility index (Phi) is 9.14. The van der Waals surface area contributed by atoms with Gasteiger partial charge in [0.1, 0.15) is 5.75 Å². The van der Waals surface area contributed by atoms with Crippen LogP contribution < -0.4 is 9.64 Å². The second-order valence-corrected chi connectivity index (χ2v) is 10.4. The van der Waals surface area contributed by atoms with E-state index in [1.165, 1.54) is 24.2 Å². The number of ether oxygens (including phenoxy) is 2. The number of methoxy groups -OCH3 is 1. The van der Waals surface area contributed by atoms with Gasteiger partial charge in [0.15, 0.2) is 6.10 Å². The maximum Gasteiger partial charge on any atom is 0.303 e. The monoisotopic (exact) mass is 538 g/mol. The summed E-state index contributed by atoms with van der Waals surface area (Å²) in [6.07, 6.45) is -0.994. The van der Waals surface area contributed by atoms with E-state index in [0.717, 1.165) is 29.2 Å². The first-order chi connectivity index (χ1) is 17.9. The largest absolute Gasteiger partial charge is 0.497 e. The standard InChI is InChI=1S/C29H31ClN2O4S/c1-4-31(19-21-8-6-5-7-9-21)16-17-32-25-15-12-23(30)18-26(25)37-28(27(29(32)34)36-20(2)33)22-10-13-24(35-3)14-11-22/h5-15,18,27-28H,4,16-17,19H2,1-3H3/t27-,28+/m0/s1. The van der Waals surface area contributed by atoms with Gasteiger partial charge in [-0.2, -0.15) is 0 Å². The molecule has 0 spiro atoms. The lowest BCUT2D eigenvalue weighted by atomic mass is 10.1. The molecule has 0 saturated heterocycles. The Labute approximate surface area is 227 Å². The molecule has 1 heterocycles. The molecule has 6 nitrogen and oxygen atoms in total. The minimum absolute atomic E-state index is 0.250. The lowest BCUT2D eigenvalue weighted by Gasteiger charge is -2.30. The first-order valence-electron chi connectivity index (χ1n) is 12.2. The number of amides is 1. The topological polar surface area (TPSA) is 59.1 Å². The third-order valence-corrected chi connectivity index (χ3v) is 7.91. The molecule has 3 aromatic rings. The number of anilines is 1. The minimum atomic E-state index is -0.994. The van der Waals surface area contributed by atoms with Crippen LogP contribution in [-0.4, -0.2) is 49.6 Å². The normalized spacial score (nSPS) is 17.3. The molecule has 1 aliphatic heterocycles. The van der Waals surface area contributed by atoms with Gasteiger partial charge < -0.3 is 14.4 Å². The number of esters is 1. The second-order valence-electron chi connectivity index (χ2n) is 8.80. The van der Waals surface area contributed by atoms with Crippen molar-refractivity contribution < 1.29 is 19.1 Å². The summed E-state index contributed by atoms with van der Waals surface area (Å²) in [7, 11) is 1.61. The summed E-state index contributed by atoms with van der Waals surface area (Å²) in [6.45, 7) is 6.16. The Hall–Kier alpha value is -3.00. The predicted molar refractivity (Wildman–Crippen MR) is 148 cm³/mol. The van der Waals surface area contributed by atoms with Crippen molar-refractivity contribution in [2.24, 2.45) is 0 Å². The first-order valence-corrected chi connectivity index (χ1v) is 13.5. The zero-order valence-corrected chi connectivity index (χ0v) is 22.8. The number of hydrogen-bond acceptors (Lipinski definition) is 6. The van der Waals surface area contributed by atoms with E-state index in [1.54, 1.807) is 18.1 Å². The average Bonchev–Trinajstić information content (AvgIpc) is 3.01. The number of nitrogens with zero attached hydrogens (tertiary/aromatic N) is 2. The van der Waals surface area contributed by atoms with Crippen LogP contribution in [0.4, 0.5) is 5.69 Å². The molecular formula is C29H31ClN2O4S. The third-order valence-electron chi connectivity index (χ3n) is 6.32. The van der Waals surface area contributed by atoms with E-state index in [4.69, 9.17) is 21.1 Å². The van der Waals surface area contributed by atoms with E-state index in [1.807, 2.05) is 54.6 Å². The third kappa shape index (κ3) is 6.66. The lowest BCUT2D eigenvalue weighted by Crippen LogP contribution is -2.45. The van der Waals surface area contributed by atoms with Gasteiger partial charge in [-0.1, -0.05) is 61.0 Å². The summed E-state index contributed by atoms with van der Waals surface area (Å²) in [6, 6.07) is 23.3. The fourth-order valence-electron chi connectivity index (χ4n) is 4.40. The van der Waals surface area contributed by atoms with E-state index in [-0.39, 0.29) is 5.91 Å². The fourth-order valence-corrected chi connectivity index (χ4v) is 5.99. The number of likely N-dealkylation sites (N-methyl/N-ethyl adjacent to an activating group) is 1. The molecule has 4 rings (SSSR count). The SMILES string of the molecule is CCN(CCN1C(=O)[C@@H](OC(C)=O)[C@@H](c2ccc(OC)cc2)Sc2cc(Cl)ccc21)Cc1ccccc1. The number of rotatable bonds is 9. The van der Waals surface area contributed by atoms with Crippen LogP contribution in [0, 0.1) is 0 Å². The molecule has 1 aliphatic rings. The van der Waals surface area contributed by atoms with Crippen molar-refractivity contribution in [3.63, 3.8) is 0 Å². The highest BCUT2D eigenvalue weighted by Gasteiger charge is 2.41. The van der Waals surface area contributed by atoms with Crippen molar-refractivity contribution in [2.45, 2.75) is 36.6 Å². The summed E-state index contributed by atoms with van der Waals surface area (Å²) in [5.41, 5.74) is 2.84. The van der Waals surface area contributed by atoms with Crippen LogP contribution in [-0.2, 0) is 20.9 Å². The van der Waals surface area contributed by atoms with Gasteiger partial charge in [0, 0.05) is 36.5 Å². The Morgan fingerprint density at radius 1 is 1.08 bits per heavy atom. The molecule has 0 aromatic heterocycles. The average molecular weight is 539 g/mol. The highest BCUT2D eigenvalue weighted by atomic mass is 35.5. The highest BCUT2D eigenvalue weighted by molar-refractivity contribution is 7.99. The van der Waals surface area contributed by atoms with Crippen molar-refractivity contribution in [1.29, 1.82) is 0 Å². The zero-order valence-electron chi connectivity index (χ0n) is 21.2. The number of benzene rings is 3. The summed E-state index contributed by atoms with van der Waals surface area (Å²) < 4.78 is 11.0. The van der Waals surface area contributed by atoms with E-state index in [0.29, 0.717) is 23.9 Å². The maximum atomic E-state index is 14.1. The Morgan fingerprint density at radius 3 is 2.46 bits per heavy atom. The van der Waals surface area contributed by atoms with Gasteiger partial charge in [-0.3, -0.25) is 14.5 Å². The quantitative estimate of drug-likeness (QED) is 0.312. The van der Waals surface area contributed by atoms with Crippen LogP contribution in [0.25, 0.3) is 0 Å². The summed E-state index contributed by atoms with van der Waals surface area (Å²) >= 11 is 7.86. The molecule has 194 valence electrons. The number of halogens is 1. The van der Waals surface area contributed by atoms with Gasteiger partial charge in [0.25, 0.3) is 5.91 Å². The molecule has 0 unspecified atom stereocenters. The molecule has 2 atom stereocenters. The Balaban J connectivity index is 1.67. The number of fused-ring (bicyclic) bond motifs is 1. The van der Waals surface area contributed by atoms with Gasteiger partial charge in [-0.15, -0.1) is 11.8 Å². The molecule has 0 bridgehead atoms. The molecule has 37 heavy (non-hydrogen) atoms. The highest BCUT2D eigenvalue weighted by Crippen LogP contribution is 2.47. The number of carbonyl (C=O) groups excluding carboxylic acids is 2. The number of thioether (sulfide) groups is 1. The van der Waals surface area contributed by atoms with Gasteiger partial charge in [0.2, 0.25) is 0 Å². The van der Waals surface area contributed by atoms with Crippen LogP contribution >= 0.6 is 23.4 Å². The van der Waals surface area contributed by atoms with E-state index < -0.39 is 17.3 Å². The van der Waals surface area contributed by atoms with Crippen molar-refractivity contribution in [1.82, 2.24) is 4.90 Å². The van der Waals surface area contributed by atoms with Gasteiger partial charge in [-0.25, -0.2) is 0 Å². The van der Waals surface area contributed by atoms with Crippen molar-refractivity contribution in [3.05, 3.63) is 88.9 Å². The molecule has 3 aromatic carbocycles. The molecule has 0 aliphatic carbocycles. The Morgan fingerprint density at radius 2 is 1.81 bits per heavy atom. The number of hydrogen-bond donors (Lipinski definition) is 0.